The maximum atomic E-state index is 4.71. The number of amidine groups is 1. The minimum absolute atomic E-state index is 0.372. The van der Waals surface area contributed by atoms with Crippen LogP contribution < -0.4 is 5.32 Å². The summed E-state index contributed by atoms with van der Waals surface area (Å²) in [6.07, 6.45) is 0. The third kappa shape index (κ3) is 2.80. The molecule has 88 valence electrons. The minimum Gasteiger partial charge on any atom is -0.358 e. The maximum absolute atomic E-state index is 4.71. The van der Waals surface area contributed by atoms with Crippen LogP contribution in [0.15, 0.2) is 22.5 Å². The summed E-state index contributed by atoms with van der Waals surface area (Å²) in [7, 11) is 0. The summed E-state index contributed by atoms with van der Waals surface area (Å²) in [6, 6.07) is 5.13. The molecular formula is C12H18N2S2. The van der Waals surface area contributed by atoms with Gasteiger partial charge in [0.2, 0.25) is 0 Å². The molecule has 0 amide bonds. The molecule has 2 heterocycles. The Morgan fingerprint density at radius 1 is 1.44 bits per heavy atom. The lowest BCUT2D eigenvalue weighted by Crippen LogP contribution is -2.22. The highest BCUT2D eigenvalue weighted by Crippen LogP contribution is 2.25. The lowest BCUT2D eigenvalue weighted by atomic mass is 10.1. The van der Waals surface area contributed by atoms with Gasteiger partial charge < -0.3 is 5.32 Å². The fourth-order valence-electron chi connectivity index (χ4n) is 1.60. The van der Waals surface area contributed by atoms with E-state index < -0.39 is 0 Å². The molecule has 0 radical (unpaired) electrons. The molecule has 1 aliphatic heterocycles. The fraction of sp³-hybridized carbons (Fsp3) is 0.583. The highest BCUT2D eigenvalue weighted by Gasteiger charge is 2.22. The van der Waals surface area contributed by atoms with Crippen LogP contribution in [0, 0.1) is 5.92 Å². The van der Waals surface area contributed by atoms with Crippen LogP contribution in [0.2, 0.25) is 0 Å². The zero-order valence-corrected chi connectivity index (χ0v) is 11.6. The Balaban J connectivity index is 1.94. The fourth-order valence-corrected chi connectivity index (χ4v) is 3.60. The predicted octanol–water partition coefficient (Wildman–Crippen LogP) is 3.53. The van der Waals surface area contributed by atoms with E-state index in [1.54, 1.807) is 11.3 Å². The van der Waals surface area contributed by atoms with Crippen molar-refractivity contribution in [3.63, 3.8) is 0 Å². The Kier molecular flexibility index (Phi) is 3.92. The van der Waals surface area contributed by atoms with Crippen molar-refractivity contribution in [3.05, 3.63) is 22.4 Å². The third-order valence-corrected chi connectivity index (χ3v) is 4.81. The molecule has 1 N–H and O–H groups in total. The van der Waals surface area contributed by atoms with E-state index in [1.165, 1.54) is 4.88 Å². The Hall–Kier alpha value is -0.480. The number of thiophene rings is 1. The average molecular weight is 254 g/mol. The summed E-state index contributed by atoms with van der Waals surface area (Å²) in [5, 5.41) is 6.72. The van der Waals surface area contributed by atoms with Gasteiger partial charge in [-0.05, 0) is 24.3 Å². The molecule has 0 bridgehead atoms. The van der Waals surface area contributed by atoms with Crippen LogP contribution in [0.3, 0.4) is 0 Å². The summed E-state index contributed by atoms with van der Waals surface area (Å²) in [4.78, 5) is 6.08. The summed E-state index contributed by atoms with van der Waals surface area (Å²) in [5.74, 6) is 1.76. The quantitative estimate of drug-likeness (QED) is 0.892. The lowest BCUT2D eigenvalue weighted by Gasteiger charge is -2.12. The Labute approximate surface area is 106 Å². The molecule has 2 nitrogen and oxygen atoms in total. The van der Waals surface area contributed by atoms with E-state index in [-0.39, 0.29) is 0 Å². The van der Waals surface area contributed by atoms with Gasteiger partial charge in [0.1, 0.15) is 0 Å². The number of nitrogens with one attached hydrogen (secondary N) is 1. The number of thioether (sulfide) groups is 1. The van der Waals surface area contributed by atoms with Crippen molar-refractivity contribution in [2.45, 2.75) is 32.9 Å². The standard InChI is InChI=1S/C12H18N2S2/c1-8(2)10-7-16-12(14-10)13-9(3)11-5-4-6-15-11/h4-6,8-10H,7H2,1-3H3,(H,13,14). The van der Waals surface area contributed by atoms with E-state index in [4.69, 9.17) is 4.99 Å². The molecule has 2 atom stereocenters. The minimum atomic E-state index is 0.372. The highest BCUT2D eigenvalue weighted by atomic mass is 32.2. The molecule has 16 heavy (non-hydrogen) atoms. The molecule has 1 aliphatic rings. The van der Waals surface area contributed by atoms with Gasteiger partial charge in [-0.25, -0.2) is 0 Å². The summed E-state index contributed by atoms with van der Waals surface area (Å²) < 4.78 is 0. The SMILES string of the molecule is CC(NC1=NC(C(C)C)CS1)c1cccs1. The Morgan fingerprint density at radius 2 is 2.25 bits per heavy atom. The van der Waals surface area contributed by atoms with Gasteiger partial charge >= 0.3 is 0 Å². The molecule has 2 unspecified atom stereocenters. The first-order valence-electron chi connectivity index (χ1n) is 5.67. The van der Waals surface area contributed by atoms with Crippen molar-refractivity contribution in [1.29, 1.82) is 0 Å². The molecule has 2 rings (SSSR count). The largest absolute Gasteiger partial charge is 0.358 e. The summed E-state index contributed by atoms with van der Waals surface area (Å²) >= 11 is 3.64. The number of nitrogens with zero attached hydrogens (tertiary/aromatic N) is 1. The van der Waals surface area contributed by atoms with Crippen molar-refractivity contribution in [1.82, 2.24) is 5.32 Å². The van der Waals surface area contributed by atoms with Gasteiger partial charge in [-0.2, -0.15) is 0 Å². The van der Waals surface area contributed by atoms with Crippen LogP contribution in [0.4, 0.5) is 0 Å². The van der Waals surface area contributed by atoms with Crippen LogP contribution in [0.5, 0.6) is 0 Å². The smallest absolute Gasteiger partial charge is 0.157 e. The molecule has 1 aromatic rings. The lowest BCUT2D eigenvalue weighted by molar-refractivity contribution is 0.541. The van der Waals surface area contributed by atoms with E-state index in [9.17, 15) is 0 Å². The van der Waals surface area contributed by atoms with Crippen molar-refractivity contribution in [2.24, 2.45) is 10.9 Å². The number of hydrogen-bond donors (Lipinski definition) is 1. The average Bonchev–Trinajstić information content (AvgIpc) is 2.87. The zero-order chi connectivity index (χ0) is 11.5. The molecule has 1 aromatic heterocycles. The van der Waals surface area contributed by atoms with Gasteiger partial charge in [-0.15, -0.1) is 11.3 Å². The number of hydrogen-bond acceptors (Lipinski definition) is 4. The molecule has 0 saturated heterocycles. The van der Waals surface area contributed by atoms with E-state index >= 15 is 0 Å². The van der Waals surface area contributed by atoms with Gasteiger partial charge in [0.25, 0.3) is 0 Å². The van der Waals surface area contributed by atoms with E-state index in [0.29, 0.717) is 18.0 Å². The normalized spacial score (nSPS) is 22.2. The van der Waals surface area contributed by atoms with Crippen molar-refractivity contribution < 1.29 is 0 Å². The molecule has 0 aliphatic carbocycles. The predicted molar refractivity (Wildman–Crippen MR) is 74.4 cm³/mol. The molecule has 0 spiro atoms. The van der Waals surface area contributed by atoms with E-state index in [0.717, 1.165) is 10.9 Å². The second-order valence-electron chi connectivity index (χ2n) is 4.44. The first-order chi connectivity index (χ1) is 7.66. The van der Waals surface area contributed by atoms with Crippen LogP contribution in [0.25, 0.3) is 0 Å². The van der Waals surface area contributed by atoms with Crippen LogP contribution >= 0.6 is 23.1 Å². The van der Waals surface area contributed by atoms with Crippen molar-refractivity contribution in [2.75, 3.05) is 5.75 Å². The van der Waals surface area contributed by atoms with E-state index in [2.05, 4.69) is 43.6 Å². The zero-order valence-electron chi connectivity index (χ0n) is 9.93. The van der Waals surface area contributed by atoms with Gasteiger partial charge in [0.05, 0.1) is 12.1 Å². The van der Waals surface area contributed by atoms with Crippen LogP contribution in [-0.4, -0.2) is 17.0 Å². The van der Waals surface area contributed by atoms with Crippen LogP contribution in [0.1, 0.15) is 31.7 Å². The second-order valence-corrected chi connectivity index (χ2v) is 6.43. The number of aliphatic imine (C=N–C) groups is 1. The Bertz CT molecular complexity index is 357. The van der Waals surface area contributed by atoms with Gasteiger partial charge in [-0.3, -0.25) is 4.99 Å². The van der Waals surface area contributed by atoms with Gasteiger partial charge in [0, 0.05) is 10.6 Å². The summed E-state index contributed by atoms with van der Waals surface area (Å²) in [5.41, 5.74) is 0. The highest BCUT2D eigenvalue weighted by molar-refractivity contribution is 8.14. The molecule has 4 heteroatoms. The first kappa shape index (κ1) is 12.0. The summed E-state index contributed by atoms with van der Waals surface area (Å²) in [6.45, 7) is 6.67. The number of rotatable bonds is 3. The van der Waals surface area contributed by atoms with Crippen molar-refractivity contribution >= 4 is 28.3 Å². The first-order valence-corrected chi connectivity index (χ1v) is 7.54. The molecule has 0 aromatic carbocycles. The topological polar surface area (TPSA) is 24.4 Å². The third-order valence-electron chi connectivity index (χ3n) is 2.75. The monoisotopic (exact) mass is 254 g/mol. The molecule has 0 saturated carbocycles. The van der Waals surface area contributed by atoms with Crippen molar-refractivity contribution in [3.8, 4) is 0 Å². The van der Waals surface area contributed by atoms with Gasteiger partial charge in [-0.1, -0.05) is 31.7 Å². The van der Waals surface area contributed by atoms with Crippen LogP contribution in [-0.2, 0) is 0 Å². The maximum Gasteiger partial charge on any atom is 0.157 e. The van der Waals surface area contributed by atoms with E-state index in [1.807, 2.05) is 11.8 Å². The van der Waals surface area contributed by atoms with Gasteiger partial charge in [0.15, 0.2) is 5.17 Å². The molecule has 0 fully saturated rings. The second kappa shape index (κ2) is 5.23. The molecular weight excluding hydrogens is 236 g/mol. The Morgan fingerprint density at radius 3 is 2.81 bits per heavy atom.